The van der Waals surface area contributed by atoms with E-state index in [0.29, 0.717) is 6.04 Å². The monoisotopic (exact) mass is 337 g/mol. The Morgan fingerprint density at radius 2 is 1.96 bits per heavy atom. The van der Waals surface area contributed by atoms with Crippen molar-refractivity contribution >= 4 is 15.9 Å². The highest BCUT2D eigenvalue weighted by molar-refractivity contribution is 7.89. The van der Waals surface area contributed by atoms with Gasteiger partial charge in [0.2, 0.25) is 15.9 Å². The van der Waals surface area contributed by atoms with Crippen molar-refractivity contribution in [3.05, 3.63) is 30.3 Å². The summed E-state index contributed by atoms with van der Waals surface area (Å²) in [6.45, 7) is 1.75. The number of nitrogens with one attached hydrogen (secondary N) is 1. The van der Waals surface area contributed by atoms with Crippen molar-refractivity contribution in [2.24, 2.45) is 0 Å². The fourth-order valence-electron chi connectivity index (χ4n) is 3.01. The van der Waals surface area contributed by atoms with Gasteiger partial charge >= 0.3 is 0 Å². The molecule has 2 aliphatic rings. The van der Waals surface area contributed by atoms with Crippen molar-refractivity contribution in [3.63, 3.8) is 0 Å². The van der Waals surface area contributed by atoms with E-state index in [-0.39, 0.29) is 23.4 Å². The van der Waals surface area contributed by atoms with Gasteiger partial charge in [0.1, 0.15) is 0 Å². The molecule has 126 valence electrons. The van der Waals surface area contributed by atoms with Crippen molar-refractivity contribution in [1.82, 2.24) is 14.5 Å². The summed E-state index contributed by atoms with van der Waals surface area (Å²) in [7, 11) is -2.18. The van der Waals surface area contributed by atoms with E-state index < -0.39 is 10.0 Å². The van der Waals surface area contributed by atoms with E-state index in [4.69, 9.17) is 0 Å². The number of benzene rings is 1. The molecule has 1 heterocycles. The number of sulfonamides is 1. The minimum absolute atomic E-state index is 0.135. The smallest absolute Gasteiger partial charge is 0.243 e. The van der Waals surface area contributed by atoms with Gasteiger partial charge in [0.15, 0.2) is 0 Å². The number of carbonyl (C=O) groups excluding carboxylic acids is 1. The number of rotatable bonds is 6. The SMILES string of the molecule is CN(CC(=O)N[C@@H]1CCN(C2CC2)C1)S(=O)(=O)c1ccccc1. The number of hydrogen-bond acceptors (Lipinski definition) is 4. The Kier molecular flexibility index (Phi) is 4.70. The van der Waals surface area contributed by atoms with Crippen molar-refractivity contribution < 1.29 is 13.2 Å². The first-order valence-corrected chi connectivity index (χ1v) is 9.45. The number of nitrogens with zero attached hydrogens (tertiary/aromatic N) is 2. The summed E-state index contributed by atoms with van der Waals surface area (Å²) in [6, 6.07) is 9.02. The summed E-state index contributed by atoms with van der Waals surface area (Å²) in [5.74, 6) is -0.241. The van der Waals surface area contributed by atoms with E-state index >= 15 is 0 Å². The normalized spacial score (nSPS) is 22.4. The van der Waals surface area contributed by atoms with Gasteiger partial charge in [-0.1, -0.05) is 18.2 Å². The number of likely N-dealkylation sites (tertiary alicyclic amines) is 1. The van der Waals surface area contributed by atoms with Crippen molar-refractivity contribution in [2.75, 3.05) is 26.7 Å². The number of likely N-dealkylation sites (N-methyl/N-ethyl adjacent to an activating group) is 1. The average Bonchev–Trinajstić information content (AvgIpc) is 3.28. The Morgan fingerprint density at radius 3 is 2.61 bits per heavy atom. The van der Waals surface area contributed by atoms with Crippen LogP contribution in [-0.2, 0) is 14.8 Å². The zero-order chi connectivity index (χ0) is 16.4. The van der Waals surface area contributed by atoms with Crippen LogP contribution < -0.4 is 5.32 Å². The Bertz CT molecular complexity index is 658. The van der Waals surface area contributed by atoms with Crippen LogP contribution in [0.4, 0.5) is 0 Å². The van der Waals surface area contributed by atoms with Crippen LogP contribution >= 0.6 is 0 Å². The van der Waals surface area contributed by atoms with E-state index in [0.717, 1.165) is 23.8 Å². The van der Waals surface area contributed by atoms with Crippen LogP contribution in [0.3, 0.4) is 0 Å². The molecular formula is C16H23N3O3S. The largest absolute Gasteiger partial charge is 0.351 e. The van der Waals surface area contributed by atoms with Gasteiger partial charge in [-0.2, -0.15) is 4.31 Å². The highest BCUT2D eigenvalue weighted by Crippen LogP contribution is 2.29. The first kappa shape index (κ1) is 16.4. The molecule has 3 rings (SSSR count). The quantitative estimate of drug-likeness (QED) is 0.828. The van der Waals surface area contributed by atoms with Crippen molar-refractivity contribution in [3.8, 4) is 0 Å². The Balaban J connectivity index is 1.53. The molecule has 0 bridgehead atoms. The average molecular weight is 337 g/mol. The molecule has 7 heteroatoms. The molecule has 1 aliphatic heterocycles. The fourth-order valence-corrected chi connectivity index (χ4v) is 4.16. The molecule has 1 aromatic carbocycles. The minimum atomic E-state index is -3.62. The van der Waals surface area contributed by atoms with E-state index in [9.17, 15) is 13.2 Å². The second-order valence-electron chi connectivity index (χ2n) is 6.35. The lowest BCUT2D eigenvalue weighted by Gasteiger charge is -2.19. The van der Waals surface area contributed by atoms with Crippen LogP contribution in [-0.4, -0.2) is 62.3 Å². The summed E-state index contributed by atoms with van der Waals surface area (Å²) in [5.41, 5.74) is 0. The zero-order valence-corrected chi connectivity index (χ0v) is 14.1. The standard InChI is InChI=1S/C16H23N3O3S/c1-18(23(21,22)15-5-3-2-4-6-15)12-16(20)17-13-9-10-19(11-13)14-7-8-14/h2-6,13-14H,7-12H2,1H3,(H,17,20)/t13-/m1/s1. The highest BCUT2D eigenvalue weighted by atomic mass is 32.2. The van der Waals surface area contributed by atoms with E-state index in [1.165, 1.54) is 32.0 Å². The van der Waals surface area contributed by atoms with E-state index in [1.54, 1.807) is 18.2 Å². The maximum Gasteiger partial charge on any atom is 0.243 e. The molecule has 1 N–H and O–H groups in total. The summed E-state index contributed by atoms with van der Waals surface area (Å²) in [5, 5.41) is 2.96. The third-order valence-corrected chi connectivity index (χ3v) is 6.28. The Hall–Kier alpha value is -1.44. The van der Waals surface area contributed by atoms with Gasteiger partial charge in [-0.25, -0.2) is 8.42 Å². The molecule has 0 radical (unpaired) electrons. The molecule has 1 saturated heterocycles. The van der Waals surface area contributed by atoms with Crippen LogP contribution in [0.15, 0.2) is 35.2 Å². The fraction of sp³-hybridized carbons (Fsp3) is 0.562. The maximum atomic E-state index is 12.4. The summed E-state index contributed by atoms with van der Waals surface area (Å²) < 4.78 is 25.9. The van der Waals surface area contributed by atoms with Crippen LogP contribution in [0.1, 0.15) is 19.3 Å². The van der Waals surface area contributed by atoms with Crippen LogP contribution in [0.25, 0.3) is 0 Å². The van der Waals surface area contributed by atoms with Gasteiger partial charge in [-0.3, -0.25) is 9.69 Å². The maximum absolute atomic E-state index is 12.4. The molecule has 1 atom stereocenters. The van der Waals surface area contributed by atoms with Crippen molar-refractivity contribution in [2.45, 2.75) is 36.2 Å². The molecule has 1 saturated carbocycles. The lowest BCUT2D eigenvalue weighted by Crippen LogP contribution is -2.43. The molecule has 1 amide bonds. The summed E-state index contributed by atoms with van der Waals surface area (Å²) in [6.07, 6.45) is 3.47. The highest BCUT2D eigenvalue weighted by Gasteiger charge is 2.35. The summed E-state index contributed by atoms with van der Waals surface area (Å²) in [4.78, 5) is 14.8. The topological polar surface area (TPSA) is 69.7 Å². The minimum Gasteiger partial charge on any atom is -0.351 e. The van der Waals surface area contributed by atoms with E-state index in [1.807, 2.05) is 0 Å². The second-order valence-corrected chi connectivity index (χ2v) is 8.40. The molecule has 2 fully saturated rings. The Labute approximate surface area is 137 Å². The molecule has 0 spiro atoms. The first-order valence-electron chi connectivity index (χ1n) is 8.01. The van der Waals surface area contributed by atoms with Gasteiger partial charge in [0.05, 0.1) is 11.4 Å². The van der Waals surface area contributed by atoms with E-state index in [2.05, 4.69) is 10.2 Å². The first-order chi connectivity index (χ1) is 11.0. The number of hydrogen-bond donors (Lipinski definition) is 1. The third kappa shape index (κ3) is 3.91. The number of amides is 1. The molecule has 6 nitrogen and oxygen atoms in total. The summed E-state index contributed by atoms with van der Waals surface area (Å²) >= 11 is 0. The number of carbonyl (C=O) groups is 1. The second kappa shape index (κ2) is 6.59. The Morgan fingerprint density at radius 1 is 1.26 bits per heavy atom. The lowest BCUT2D eigenvalue weighted by atomic mass is 10.2. The van der Waals surface area contributed by atoms with Crippen LogP contribution in [0.2, 0.25) is 0 Å². The van der Waals surface area contributed by atoms with Gasteiger partial charge in [0.25, 0.3) is 0 Å². The van der Waals surface area contributed by atoms with Crippen LogP contribution in [0, 0.1) is 0 Å². The lowest BCUT2D eigenvalue weighted by molar-refractivity contribution is -0.121. The molecule has 0 aromatic heterocycles. The van der Waals surface area contributed by atoms with Gasteiger partial charge < -0.3 is 5.32 Å². The molecule has 1 aliphatic carbocycles. The predicted molar refractivity (Wildman–Crippen MR) is 87.4 cm³/mol. The third-order valence-electron chi connectivity index (χ3n) is 4.47. The predicted octanol–water partition coefficient (Wildman–Crippen LogP) is 0.660. The molecule has 0 unspecified atom stereocenters. The molecule has 23 heavy (non-hydrogen) atoms. The molecule has 1 aromatic rings. The van der Waals surface area contributed by atoms with Gasteiger partial charge in [0, 0.05) is 32.2 Å². The van der Waals surface area contributed by atoms with Crippen LogP contribution in [0.5, 0.6) is 0 Å². The van der Waals surface area contributed by atoms with Gasteiger partial charge in [-0.05, 0) is 31.4 Å². The van der Waals surface area contributed by atoms with Crippen molar-refractivity contribution in [1.29, 1.82) is 0 Å². The van der Waals surface area contributed by atoms with Gasteiger partial charge in [-0.15, -0.1) is 0 Å². The molecular weight excluding hydrogens is 314 g/mol. The zero-order valence-electron chi connectivity index (χ0n) is 13.3.